The molecule has 0 saturated carbocycles. The molecule has 6 nitrogen and oxygen atoms in total. The fraction of sp³-hybridized carbons (Fsp3) is 0.857. The van der Waals surface area contributed by atoms with Crippen molar-refractivity contribution in [3.8, 4) is 0 Å². The topological polar surface area (TPSA) is 67.9 Å². The van der Waals surface area contributed by atoms with Crippen molar-refractivity contribution in [2.45, 2.75) is 39.2 Å². The summed E-state index contributed by atoms with van der Waals surface area (Å²) in [6.45, 7) is 6.71. The zero-order valence-electron chi connectivity index (χ0n) is 12.7. The van der Waals surface area contributed by atoms with Crippen LogP contribution in [-0.4, -0.2) is 56.4 Å². The Bertz CT molecular complexity index is 322. The van der Waals surface area contributed by atoms with Gasteiger partial charge in [0.25, 0.3) is 0 Å². The number of carbonyl (C=O) groups is 2. The summed E-state index contributed by atoms with van der Waals surface area (Å²) in [5.41, 5.74) is 0. The molecule has 2 unspecified atom stereocenters. The molecule has 0 radical (unpaired) electrons. The van der Waals surface area contributed by atoms with Crippen LogP contribution >= 0.6 is 0 Å². The van der Waals surface area contributed by atoms with Crippen LogP contribution in [0.3, 0.4) is 0 Å². The van der Waals surface area contributed by atoms with Crippen molar-refractivity contribution in [3.05, 3.63) is 0 Å². The van der Waals surface area contributed by atoms with E-state index < -0.39 is 0 Å². The van der Waals surface area contributed by atoms with E-state index in [0.717, 1.165) is 25.9 Å². The Morgan fingerprint density at radius 2 is 2.05 bits per heavy atom. The summed E-state index contributed by atoms with van der Waals surface area (Å²) in [4.78, 5) is 24.9. The molecule has 1 rings (SSSR count). The van der Waals surface area contributed by atoms with E-state index in [1.54, 1.807) is 6.92 Å². The number of nitrogens with zero attached hydrogens (tertiary/aromatic N) is 1. The van der Waals surface area contributed by atoms with Crippen LogP contribution in [0.1, 0.15) is 33.1 Å². The number of ether oxygens (including phenoxy) is 2. The molecular formula is C14H26N2O4. The fourth-order valence-electron chi connectivity index (χ4n) is 2.58. The molecule has 1 heterocycles. The summed E-state index contributed by atoms with van der Waals surface area (Å²) >= 11 is 0. The first-order valence-electron chi connectivity index (χ1n) is 7.31. The van der Waals surface area contributed by atoms with Gasteiger partial charge in [-0.15, -0.1) is 0 Å². The fourth-order valence-corrected chi connectivity index (χ4v) is 2.58. The molecule has 0 aromatic heterocycles. The Hall–Kier alpha value is -1.30. The van der Waals surface area contributed by atoms with E-state index in [0.29, 0.717) is 25.5 Å². The van der Waals surface area contributed by atoms with Gasteiger partial charge in [-0.3, -0.25) is 4.79 Å². The zero-order chi connectivity index (χ0) is 15.0. The second-order valence-corrected chi connectivity index (χ2v) is 5.16. The summed E-state index contributed by atoms with van der Waals surface area (Å²) < 4.78 is 9.58. The minimum absolute atomic E-state index is 0.0883. The highest BCUT2D eigenvalue weighted by Crippen LogP contribution is 2.20. The molecule has 0 spiro atoms. The summed E-state index contributed by atoms with van der Waals surface area (Å²) in [5, 5.41) is 2.90. The van der Waals surface area contributed by atoms with Crippen molar-refractivity contribution in [3.63, 3.8) is 0 Å². The third kappa shape index (κ3) is 5.77. The van der Waals surface area contributed by atoms with Gasteiger partial charge in [0.2, 0.25) is 0 Å². The first kappa shape index (κ1) is 16.8. The van der Waals surface area contributed by atoms with Gasteiger partial charge in [0.15, 0.2) is 0 Å². The Kier molecular flexibility index (Phi) is 7.36. The number of rotatable bonds is 6. The number of nitrogens with one attached hydrogen (secondary N) is 1. The van der Waals surface area contributed by atoms with E-state index in [1.165, 1.54) is 7.11 Å². The van der Waals surface area contributed by atoms with E-state index in [1.807, 2.05) is 0 Å². The van der Waals surface area contributed by atoms with Crippen molar-refractivity contribution >= 4 is 12.1 Å². The summed E-state index contributed by atoms with van der Waals surface area (Å²) in [7, 11) is 1.40. The highest BCUT2D eigenvalue weighted by molar-refractivity contribution is 5.69. The summed E-state index contributed by atoms with van der Waals surface area (Å²) in [6, 6.07) is 0.0883. The molecule has 0 aromatic rings. The lowest BCUT2D eigenvalue weighted by Crippen LogP contribution is -2.51. The molecule has 1 saturated heterocycles. The molecule has 1 aliphatic heterocycles. The Balaban J connectivity index is 2.46. The molecule has 1 aliphatic rings. The lowest BCUT2D eigenvalue weighted by Gasteiger charge is -2.37. The number of likely N-dealkylation sites (tertiary alicyclic amines) is 1. The van der Waals surface area contributed by atoms with Crippen LogP contribution in [-0.2, 0) is 14.3 Å². The first-order valence-corrected chi connectivity index (χ1v) is 7.31. The predicted molar refractivity (Wildman–Crippen MR) is 75.4 cm³/mol. The van der Waals surface area contributed by atoms with E-state index in [4.69, 9.17) is 4.74 Å². The van der Waals surface area contributed by atoms with Crippen LogP contribution < -0.4 is 5.32 Å². The minimum Gasteiger partial charge on any atom is -0.469 e. The van der Waals surface area contributed by atoms with Crippen LogP contribution in [0.5, 0.6) is 0 Å². The van der Waals surface area contributed by atoms with Gasteiger partial charge in [0, 0.05) is 25.7 Å². The monoisotopic (exact) mass is 286 g/mol. The van der Waals surface area contributed by atoms with E-state index in [9.17, 15) is 9.59 Å². The van der Waals surface area contributed by atoms with Gasteiger partial charge in [-0.05, 0) is 19.3 Å². The number of methoxy groups -OCH3 is 1. The summed E-state index contributed by atoms with van der Waals surface area (Å²) in [6.07, 6.45) is 2.06. The number of carbonyl (C=O) groups excluding carboxylic acids is 2. The lowest BCUT2D eigenvalue weighted by molar-refractivity contribution is -0.141. The smallest absolute Gasteiger partial charge is 0.407 e. The van der Waals surface area contributed by atoms with Gasteiger partial charge >= 0.3 is 12.1 Å². The van der Waals surface area contributed by atoms with Gasteiger partial charge in [0.05, 0.1) is 20.1 Å². The Morgan fingerprint density at radius 1 is 1.30 bits per heavy atom. The molecule has 6 heteroatoms. The van der Waals surface area contributed by atoms with Gasteiger partial charge < -0.3 is 19.7 Å². The molecule has 2 atom stereocenters. The number of alkyl carbamates (subject to hydrolysis) is 1. The maximum absolute atomic E-state index is 11.5. The number of piperidine rings is 1. The maximum atomic E-state index is 11.5. The van der Waals surface area contributed by atoms with E-state index in [2.05, 4.69) is 21.9 Å². The predicted octanol–water partition coefficient (Wildman–Crippen LogP) is 1.40. The van der Waals surface area contributed by atoms with Crippen molar-refractivity contribution in [1.29, 1.82) is 0 Å². The number of hydrogen-bond acceptors (Lipinski definition) is 5. The lowest BCUT2D eigenvalue weighted by atomic mass is 9.92. The van der Waals surface area contributed by atoms with Crippen LogP contribution in [0.15, 0.2) is 0 Å². The molecule has 116 valence electrons. The Labute approximate surface area is 120 Å². The quantitative estimate of drug-likeness (QED) is 0.747. The second-order valence-electron chi connectivity index (χ2n) is 5.16. The van der Waals surface area contributed by atoms with E-state index >= 15 is 0 Å². The SMILES string of the molecule is CCOC(=O)NC1CC(CC)CN(CCC(=O)OC)C1. The van der Waals surface area contributed by atoms with Crippen LogP contribution in [0.2, 0.25) is 0 Å². The maximum Gasteiger partial charge on any atom is 0.407 e. The van der Waals surface area contributed by atoms with Crippen LogP contribution in [0, 0.1) is 5.92 Å². The van der Waals surface area contributed by atoms with E-state index in [-0.39, 0.29) is 18.1 Å². The molecule has 0 aromatic carbocycles. The van der Waals surface area contributed by atoms with Gasteiger partial charge in [-0.25, -0.2) is 4.79 Å². The normalized spacial score (nSPS) is 23.1. The van der Waals surface area contributed by atoms with Crippen LogP contribution in [0.4, 0.5) is 4.79 Å². The Morgan fingerprint density at radius 3 is 2.65 bits per heavy atom. The molecule has 0 aliphatic carbocycles. The number of esters is 1. The molecular weight excluding hydrogens is 260 g/mol. The summed E-state index contributed by atoms with van der Waals surface area (Å²) in [5.74, 6) is 0.340. The second kappa shape index (κ2) is 8.79. The third-order valence-electron chi connectivity index (χ3n) is 3.65. The molecule has 0 bridgehead atoms. The number of amides is 1. The van der Waals surface area contributed by atoms with Gasteiger partial charge in [-0.1, -0.05) is 13.3 Å². The van der Waals surface area contributed by atoms with Crippen molar-refractivity contribution in [2.24, 2.45) is 5.92 Å². The van der Waals surface area contributed by atoms with Crippen molar-refractivity contribution < 1.29 is 19.1 Å². The third-order valence-corrected chi connectivity index (χ3v) is 3.65. The van der Waals surface area contributed by atoms with Gasteiger partial charge in [0.1, 0.15) is 0 Å². The first-order chi connectivity index (χ1) is 9.58. The molecule has 20 heavy (non-hydrogen) atoms. The number of hydrogen-bond donors (Lipinski definition) is 1. The standard InChI is InChI=1S/C14H26N2O4/c1-4-11-8-12(15-14(18)20-5-2)10-16(9-11)7-6-13(17)19-3/h11-12H,4-10H2,1-3H3,(H,15,18). The highest BCUT2D eigenvalue weighted by atomic mass is 16.5. The molecule has 1 N–H and O–H groups in total. The van der Waals surface area contributed by atoms with Crippen LogP contribution in [0.25, 0.3) is 0 Å². The minimum atomic E-state index is -0.359. The average molecular weight is 286 g/mol. The van der Waals surface area contributed by atoms with Gasteiger partial charge in [-0.2, -0.15) is 0 Å². The van der Waals surface area contributed by atoms with Crippen molar-refractivity contribution in [2.75, 3.05) is 33.4 Å². The molecule has 1 amide bonds. The average Bonchev–Trinajstić information content (AvgIpc) is 2.44. The zero-order valence-corrected chi connectivity index (χ0v) is 12.7. The molecule has 1 fully saturated rings. The largest absolute Gasteiger partial charge is 0.469 e. The highest BCUT2D eigenvalue weighted by Gasteiger charge is 2.27. The van der Waals surface area contributed by atoms with Crippen molar-refractivity contribution in [1.82, 2.24) is 10.2 Å².